The Kier molecular flexibility index (Phi) is 8.84. The molecule has 0 radical (unpaired) electrons. The van der Waals surface area contributed by atoms with Crippen molar-refractivity contribution in [2.75, 3.05) is 39.9 Å². The van der Waals surface area contributed by atoms with E-state index < -0.39 is 0 Å². The second kappa shape index (κ2) is 9.82. The van der Waals surface area contributed by atoms with Gasteiger partial charge in [-0.3, -0.25) is 4.99 Å². The molecule has 20 heavy (non-hydrogen) atoms. The van der Waals surface area contributed by atoms with Crippen LogP contribution in [0.15, 0.2) is 4.99 Å². The van der Waals surface area contributed by atoms with E-state index in [1.54, 1.807) is 7.11 Å². The Morgan fingerprint density at radius 2 is 2.10 bits per heavy atom. The van der Waals surface area contributed by atoms with Gasteiger partial charge in [0.1, 0.15) is 0 Å². The van der Waals surface area contributed by atoms with E-state index in [0.717, 1.165) is 44.7 Å². The van der Waals surface area contributed by atoms with Crippen molar-refractivity contribution < 1.29 is 4.74 Å². The summed E-state index contributed by atoms with van der Waals surface area (Å²) in [4.78, 5) is 7.17. The van der Waals surface area contributed by atoms with Gasteiger partial charge < -0.3 is 15.0 Å². The second-order valence-electron chi connectivity index (χ2n) is 5.88. The molecular formula is C15H30IN3O. The molecule has 118 valence electrons. The first-order valence-electron chi connectivity index (χ1n) is 7.85. The highest BCUT2D eigenvalue weighted by Gasteiger charge is 2.24. The fourth-order valence-corrected chi connectivity index (χ4v) is 2.79. The molecule has 5 heteroatoms. The van der Waals surface area contributed by atoms with Crippen molar-refractivity contribution in [3.63, 3.8) is 0 Å². The molecule has 1 unspecified atom stereocenters. The number of guanidine groups is 1. The zero-order chi connectivity index (χ0) is 13.5. The van der Waals surface area contributed by atoms with E-state index in [0.29, 0.717) is 5.92 Å². The molecule has 1 heterocycles. The van der Waals surface area contributed by atoms with Gasteiger partial charge in [-0.1, -0.05) is 12.8 Å². The second-order valence-corrected chi connectivity index (χ2v) is 5.88. The maximum Gasteiger partial charge on any atom is 0.193 e. The van der Waals surface area contributed by atoms with Crippen molar-refractivity contribution in [3.05, 3.63) is 0 Å². The first-order chi connectivity index (χ1) is 9.33. The van der Waals surface area contributed by atoms with Crippen molar-refractivity contribution in [1.82, 2.24) is 10.2 Å². The van der Waals surface area contributed by atoms with E-state index in [4.69, 9.17) is 9.73 Å². The smallest absolute Gasteiger partial charge is 0.193 e. The molecule has 1 aliphatic carbocycles. The van der Waals surface area contributed by atoms with Crippen LogP contribution >= 0.6 is 24.0 Å². The third-order valence-electron chi connectivity index (χ3n) is 4.05. The highest BCUT2D eigenvalue weighted by atomic mass is 127. The molecule has 1 saturated heterocycles. The highest BCUT2D eigenvalue weighted by molar-refractivity contribution is 14.0. The van der Waals surface area contributed by atoms with Crippen LogP contribution in [0.2, 0.25) is 0 Å². The molecular weight excluding hydrogens is 365 g/mol. The lowest BCUT2D eigenvalue weighted by Gasteiger charge is -2.21. The zero-order valence-corrected chi connectivity index (χ0v) is 15.3. The molecule has 0 amide bonds. The average Bonchev–Trinajstić information content (AvgIpc) is 3.12. The fraction of sp³-hybridized carbons (Fsp3) is 0.933. The summed E-state index contributed by atoms with van der Waals surface area (Å²) in [5.74, 6) is 2.80. The van der Waals surface area contributed by atoms with Crippen LogP contribution in [0.1, 0.15) is 39.0 Å². The van der Waals surface area contributed by atoms with E-state index in [1.807, 2.05) is 0 Å². The average molecular weight is 395 g/mol. The standard InChI is InChI=1S/C15H29N3O.HI/c1-3-16-15(17-9-4-5-13-6-7-13)18-10-8-14(11-18)12-19-2;/h13-14H,3-12H2,1-2H3,(H,16,17);1H. The number of nitrogens with one attached hydrogen (secondary N) is 1. The molecule has 1 N–H and O–H groups in total. The quantitative estimate of drug-likeness (QED) is 0.312. The van der Waals surface area contributed by atoms with Gasteiger partial charge in [-0.2, -0.15) is 0 Å². The summed E-state index contributed by atoms with van der Waals surface area (Å²) in [5, 5.41) is 3.43. The van der Waals surface area contributed by atoms with Gasteiger partial charge in [-0.05, 0) is 32.1 Å². The number of ether oxygens (including phenoxy) is 1. The molecule has 2 rings (SSSR count). The maximum absolute atomic E-state index is 5.26. The van der Waals surface area contributed by atoms with Gasteiger partial charge in [-0.15, -0.1) is 24.0 Å². The molecule has 2 aliphatic rings. The minimum absolute atomic E-state index is 0. The predicted molar refractivity (Wildman–Crippen MR) is 94.9 cm³/mol. The first kappa shape index (κ1) is 18.0. The van der Waals surface area contributed by atoms with E-state index in [9.17, 15) is 0 Å². The minimum atomic E-state index is 0. The molecule has 0 spiro atoms. The Hall–Kier alpha value is -0.0400. The van der Waals surface area contributed by atoms with Crippen LogP contribution in [0, 0.1) is 11.8 Å². The summed E-state index contributed by atoms with van der Waals surface area (Å²) in [6, 6.07) is 0. The van der Waals surface area contributed by atoms with Crippen molar-refractivity contribution in [2.45, 2.75) is 39.0 Å². The van der Waals surface area contributed by atoms with Gasteiger partial charge in [0.2, 0.25) is 0 Å². The summed E-state index contributed by atoms with van der Waals surface area (Å²) >= 11 is 0. The van der Waals surface area contributed by atoms with Crippen molar-refractivity contribution in [1.29, 1.82) is 0 Å². The van der Waals surface area contributed by atoms with Gasteiger partial charge in [0, 0.05) is 39.2 Å². The van der Waals surface area contributed by atoms with Crippen molar-refractivity contribution in [3.8, 4) is 0 Å². The van der Waals surface area contributed by atoms with Crippen LogP contribution in [0.3, 0.4) is 0 Å². The van der Waals surface area contributed by atoms with Crippen LogP contribution < -0.4 is 5.32 Å². The topological polar surface area (TPSA) is 36.9 Å². The lowest BCUT2D eigenvalue weighted by atomic mass is 10.1. The molecule has 1 atom stereocenters. The van der Waals surface area contributed by atoms with E-state index >= 15 is 0 Å². The summed E-state index contributed by atoms with van der Waals surface area (Å²) in [6.45, 7) is 7.14. The van der Waals surface area contributed by atoms with Gasteiger partial charge in [0.05, 0.1) is 6.61 Å². The zero-order valence-electron chi connectivity index (χ0n) is 12.9. The number of aliphatic imine (C=N–C) groups is 1. The first-order valence-corrected chi connectivity index (χ1v) is 7.85. The van der Waals surface area contributed by atoms with Gasteiger partial charge in [0.15, 0.2) is 5.96 Å². The van der Waals surface area contributed by atoms with Crippen LogP contribution in [0.5, 0.6) is 0 Å². The molecule has 2 fully saturated rings. The normalized spacial score (nSPS) is 22.8. The molecule has 4 nitrogen and oxygen atoms in total. The van der Waals surface area contributed by atoms with Crippen molar-refractivity contribution >= 4 is 29.9 Å². The number of methoxy groups -OCH3 is 1. The molecule has 0 aromatic heterocycles. The lowest BCUT2D eigenvalue weighted by molar-refractivity contribution is 0.157. The summed E-state index contributed by atoms with van der Waals surface area (Å²) in [5.41, 5.74) is 0. The molecule has 0 aromatic carbocycles. The molecule has 1 saturated carbocycles. The van der Waals surface area contributed by atoms with E-state index in [-0.39, 0.29) is 24.0 Å². The summed E-state index contributed by atoms with van der Waals surface area (Å²) in [7, 11) is 1.79. The Bertz CT molecular complexity index is 295. The summed E-state index contributed by atoms with van der Waals surface area (Å²) < 4.78 is 5.26. The Morgan fingerprint density at radius 3 is 2.75 bits per heavy atom. The summed E-state index contributed by atoms with van der Waals surface area (Å²) in [6.07, 6.45) is 6.74. The van der Waals surface area contributed by atoms with Crippen LogP contribution in [0.25, 0.3) is 0 Å². The Morgan fingerprint density at radius 1 is 1.30 bits per heavy atom. The van der Waals surface area contributed by atoms with Crippen LogP contribution in [0.4, 0.5) is 0 Å². The van der Waals surface area contributed by atoms with E-state index in [1.165, 1.54) is 32.1 Å². The number of hydrogen-bond donors (Lipinski definition) is 1. The SMILES string of the molecule is CCNC(=NCCCC1CC1)N1CCC(COC)C1.I. The fourth-order valence-electron chi connectivity index (χ4n) is 2.79. The van der Waals surface area contributed by atoms with Crippen molar-refractivity contribution in [2.24, 2.45) is 16.8 Å². The van der Waals surface area contributed by atoms with Crippen LogP contribution in [-0.4, -0.2) is 50.8 Å². The number of likely N-dealkylation sites (tertiary alicyclic amines) is 1. The Balaban J connectivity index is 0.00000200. The third kappa shape index (κ3) is 6.16. The number of rotatable bonds is 7. The number of hydrogen-bond acceptors (Lipinski definition) is 2. The molecule has 0 bridgehead atoms. The molecule has 1 aliphatic heterocycles. The van der Waals surface area contributed by atoms with Gasteiger partial charge >= 0.3 is 0 Å². The number of halogens is 1. The van der Waals surface area contributed by atoms with Gasteiger partial charge in [-0.25, -0.2) is 0 Å². The van der Waals surface area contributed by atoms with Gasteiger partial charge in [0.25, 0.3) is 0 Å². The number of nitrogens with zero attached hydrogens (tertiary/aromatic N) is 2. The Labute approximate surface area is 140 Å². The third-order valence-corrected chi connectivity index (χ3v) is 4.05. The van der Waals surface area contributed by atoms with E-state index in [2.05, 4.69) is 17.1 Å². The largest absolute Gasteiger partial charge is 0.384 e. The highest BCUT2D eigenvalue weighted by Crippen LogP contribution is 2.33. The minimum Gasteiger partial charge on any atom is -0.384 e. The van der Waals surface area contributed by atoms with Crippen LogP contribution in [-0.2, 0) is 4.74 Å². The predicted octanol–water partition coefficient (Wildman–Crippen LogP) is 2.73. The monoisotopic (exact) mass is 395 g/mol. The molecule has 0 aromatic rings. The maximum atomic E-state index is 5.26. The lowest BCUT2D eigenvalue weighted by Crippen LogP contribution is -2.40.